The maximum Gasteiger partial charge on any atom is 0.184 e. The number of nitriles is 1. The highest BCUT2D eigenvalue weighted by atomic mass is 31.2. The number of hydrogen-bond acceptors (Lipinski definition) is 3. The topological polar surface area (TPSA) is 61.1 Å². The molecule has 0 atom stereocenters. The Hall–Kier alpha value is -2.30. The van der Waals surface area contributed by atoms with Crippen LogP contribution in [0, 0.1) is 11.3 Å². The Labute approximate surface area is 124 Å². The van der Waals surface area contributed by atoms with E-state index in [1.165, 1.54) is 0 Å². The van der Waals surface area contributed by atoms with Crippen molar-refractivity contribution < 1.29 is 9.67 Å². The van der Waals surface area contributed by atoms with Crippen LogP contribution in [0.3, 0.4) is 0 Å². The molecule has 21 heavy (non-hydrogen) atoms. The molecule has 4 heteroatoms. The van der Waals surface area contributed by atoms with Crippen molar-refractivity contribution in [3.63, 3.8) is 0 Å². The zero-order chi connectivity index (χ0) is 15.3. The highest BCUT2D eigenvalue weighted by Gasteiger charge is 2.34. The normalized spacial score (nSPS) is 12.4. The smallest absolute Gasteiger partial charge is 0.184 e. The Bertz CT molecular complexity index is 687. The van der Waals surface area contributed by atoms with Crippen molar-refractivity contribution in [3.8, 4) is 6.07 Å². The van der Waals surface area contributed by atoms with Crippen LogP contribution in [0.4, 0.5) is 0 Å². The lowest BCUT2D eigenvalue weighted by atomic mass is 10.3. The molecule has 0 unspecified atom stereocenters. The predicted octanol–water partition coefficient (Wildman–Crippen LogP) is 3.70. The van der Waals surface area contributed by atoms with Crippen LogP contribution >= 0.6 is 7.14 Å². The van der Waals surface area contributed by atoms with Gasteiger partial charge in [0.05, 0.1) is 0 Å². The summed E-state index contributed by atoms with van der Waals surface area (Å²) in [5, 5.41) is 20.6. The molecule has 2 aromatic carbocycles. The Morgan fingerprint density at radius 3 is 1.81 bits per heavy atom. The van der Waals surface area contributed by atoms with Gasteiger partial charge in [-0.1, -0.05) is 67.6 Å². The lowest BCUT2D eigenvalue weighted by molar-refractivity contribution is 0.393. The number of aliphatic hydroxyl groups excluding tert-OH is 1. The first-order chi connectivity index (χ1) is 10.1. The molecule has 1 N–H and O–H groups in total. The number of benzene rings is 2. The van der Waals surface area contributed by atoms with Crippen molar-refractivity contribution in [2.24, 2.45) is 0 Å². The van der Waals surface area contributed by atoms with Crippen molar-refractivity contribution in [3.05, 3.63) is 71.7 Å². The zero-order valence-electron chi connectivity index (χ0n) is 11.7. The van der Waals surface area contributed by atoms with E-state index < -0.39 is 7.14 Å². The number of allylic oxidation sites excluding steroid dienone is 2. The summed E-state index contributed by atoms with van der Waals surface area (Å²) in [6.07, 6.45) is 0.270. The standard InChI is InChI=1S/C17H16NO2P/c1-2-16(19)17(13-18)21(20,14-9-5-3-6-10-14)15-11-7-4-8-12-15/h3-12,19H,2H2,1H3/b17-16-. The summed E-state index contributed by atoms with van der Waals surface area (Å²) >= 11 is 0. The van der Waals surface area contributed by atoms with Crippen LogP contribution in [0.25, 0.3) is 0 Å². The molecule has 0 aliphatic rings. The maximum atomic E-state index is 13.7. The Kier molecular flexibility index (Phi) is 4.62. The summed E-state index contributed by atoms with van der Waals surface area (Å²) in [7, 11) is -3.34. The van der Waals surface area contributed by atoms with Gasteiger partial charge in [0.15, 0.2) is 7.14 Å². The van der Waals surface area contributed by atoms with Gasteiger partial charge in [0, 0.05) is 17.0 Å². The molecule has 0 radical (unpaired) electrons. The number of nitrogens with zero attached hydrogens (tertiary/aromatic N) is 1. The second kappa shape index (κ2) is 6.43. The van der Waals surface area contributed by atoms with Crippen molar-refractivity contribution >= 4 is 17.8 Å². The molecule has 0 aliphatic heterocycles. The molecular weight excluding hydrogens is 281 g/mol. The molecule has 0 saturated carbocycles. The van der Waals surface area contributed by atoms with Crippen molar-refractivity contribution in [2.45, 2.75) is 13.3 Å². The summed E-state index contributed by atoms with van der Waals surface area (Å²) in [4.78, 5) is 0. The Morgan fingerprint density at radius 2 is 1.48 bits per heavy atom. The summed E-state index contributed by atoms with van der Waals surface area (Å²) in [6.45, 7) is 1.73. The van der Waals surface area contributed by atoms with E-state index in [-0.39, 0.29) is 17.5 Å². The van der Waals surface area contributed by atoms with Gasteiger partial charge in [-0.2, -0.15) is 5.26 Å². The Morgan fingerprint density at radius 1 is 1.05 bits per heavy atom. The van der Waals surface area contributed by atoms with E-state index in [4.69, 9.17) is 0 Å². The molecule has 0 heterocycles. The first kappa shape index (κ1) is 15.1. The molecule has 106 valence electrons. The third-order valence-electron chi connectivity index (χ3n) is 3.27. The molecule has 3 nitrogen and oxygen atoms in total. The number of rotatable bonds is 4. The third kappa shape index (κ3) is 2.77. The van der Waals surface area contributed by atoms with Crippen LogP contribution < -0.4 is 10.6 Å². The summed E-state index contributed by atoms with van der Waals surface area (Å²) in [5.74, 6) is -0.117. The second-order valence-corrected chi connectivity index (χ2v) is 7.24. The predicted molar refractivity (Wildman–Crippen MR) is 85.3 cm³/mol. The molecule has 0 bridgehead atoms. The Balaban J connectivity index is 2.79. The maximum absolute atomic E-state index is 13.7. The van der Waals surface area contributed by atoms with E-state index in [1.54, 1.807) is 55.5 Å². The fourth-order valence-electron chi connectivity index (χ4n) is 2.17. The number of hydrogen-bond donors (Lipinski definition) is 1. The molecule has 0 saturated heterocycles. The van der Waals surface area contributed by atoms with Gasteiger partial charge in [0.1, 0.15) is 17.1 Å². The minimum Gasteiger partial charge on any atom is -0.511 e. The van der Waals surface area contributed by atoms with Gasteiger partial charge >= 0.3 is 0 Å². The van der Waals surface area contributed by atoms with Crippen LogP contribution in [0.15, 0.2) is 71.7 Å². The number of aliphatic hydroxyl groups is 1. The van der Waals surface area contributed by atoms with Gasteiger partial charge in [-0.15, -0.1) is 0 Å². The van der Waals surface area contributed by atoms with E-state index in [0.29, 0.717) is 10.6 Å². The summed E-state index contributed by atoms with van der Waals surface area (Å²) < 4.78 is 13.7. The van der Waals surface area contributed by atoms with Gasteiger partial charge in [-0.3, -0.25) is 0 Å². The van der Waals surface area contributed by atoms with E-state index in [0.717, 1.165) is 0 Å². The van der Waals surface area contributed by atoms with Crippen LogP contribution in [-0.2, 0) is 4.57 Å². The van der Waals surface area contributed by atoms with Crippen molar-refractivity contribution in [1.29, 1.82) is 5.26 Å². The molecule has 0 amide bonds. The highest BCUT2D eigenvalue weighted by Crippen LogP contribution is 2.52. The average molecular weight is 297 g/mol. The van der Waals surface area contributed by atoms with Crippen molar-refractivity contribution in [2.75, 3.05) is 0 Å². The van der Waals surface area contributed by atoms with Gasteiger partial charge in [0.25, 0.3) is 0 Å². The highest BCUT2D eigenvalue weighted by molar-refractivity contribution is 7.82. The van der Waals surface area contributed by atoms with Crippen LogP contribution in [-0.4, -0.2) is 5.11 Å². The van der Waals surface area contributed by atoms with Crippen LogP contribution in [0.1, 0.15) is 13.3 Å². The SMILES string of the molecule is CC/C(O)=C(\C#N)P(=O)(c1ccccc1)c1ccccc1. The molecule has 0 fully saturated rings. The molecule has 2 aromatic rings. The molecule has 0 aromatic heterocycles. The monoisotopic (exact) mass is 297 g/mol. The van der Waals surface area contributed by atoms with Crippen LogP contribution in [0.5, 0.6) is 0 Å². The van der Waals surface area contributed by atoms with Gasteiger partial charge < -0.3 is 9.67 Å². The summed E-state index contributed by atoms with van der Waals surface area (Å²) in [5.41, 5.74) is 0. The minimum atomic E-state index is -3.34. The van der Waals surface area contributed by atoms with Gasteiger partial charge in [-0.05, 0) is 0 Å². The van der Waals surface area contributed by atoms with E-state index in [2.05, 4.69) is 0 Å². The van der Waals surface area contributed by atoms with E-state index >= 15 is 0 Å². The zero-order valence-corrected chi connectivity index (χ0v) is 12.6. The average Bonchev–Trinajstić information content (AvgIpc) is 2.56. The molecule has 2 rings (SSSR count). The van der Waals surface area contributed by atoms with Gasteiger partial charge in [0.2, 0.25) is 0 Å². The van der Waals surface area contributed by atoms with Crippen molar-refractivity contribution in [1.82, 2.24) is 0 Å². The summed E-state index contributed by atoms with van der Waals surface area (Å²) in [6, 6.07) is 19.7. The first-order valence-electron chi connectivity index (χ1n) is 6.68. The van der Waals surface area contributed by atoms with Gasteiger partial charge in [-0.25, -0.2) is 0 Å². The van der Waals surface area contributed by atoms with Crippen LogP contribution in [0.2, 0.25) is 0 Å². The van der Waals surface area contributed by atoms with E-state index in [9.17, 15) is 14.9 Å². The fourth-order valence-corrected chi connectivity index (χ4v) is 4.83. The van der Waals surface area contributed by atoms with E-state index in [1.807, 2.05) is 18.2 Å². The third-order valence-corrected chi connectivity index (χ3v) is 6.31. The molecule has 0 aliphatic carbocycles. The molecular formula is C17H16NO2P. The molecule has 0 spiro atoms. The lowest BCUT2D eigenvalue weighted by Crippen LogP contribution is -2.18. The lowest BCUT2D eigenvalue weighted by Gasteiger charge is -2.19. The quantitative estimate of drug-likeness (QED) is 0.531. The first-order valence-corrected chi connectivity index (χ1v) is 8.39. The fraction of sp³-hybridized carbons (Fsp3) is 0.118. The largest absolute Gasteiger partial charge is 0.511 e. The second-order valence-electron chi connectivity index (χ2n) is 4.54. The minimum absolute atomic E-state index is 0.0394.